The van der Waals surface area contributed by atoms with Gasteiger partial charge in [-0.25, -0.2) is 4.79 Å². The Bertz CT molecular complexity index is 2330. The van der Waals surface area contributed by atoms with Crippen molar-refractivity contribution in [1.29, 1.82) is 0 Å². The first-order chi connectivity index (χ1) is 29.3. The van der Waals surface area contributed by atoms with Crippen molar-refractivity contribution >= 4 is 29.1 Å². The number of benzene rings is 3. The molecular weight excluding hydrogens is 824 g/mol. The van der Waals surface area contributed by atoms with Crippen LogP contribution in [0.4, 0.5) is 10.5 Å². The number of aromatic hydroxyl groups is 2. The van der Waals surface area contributed by atoms with Gasteiger partial charge in [0.15, 0.2) is 17.9 Å². The molecule has 332 valence electrons. The lowest BCUT2D eigenvalue weighted by molar-refractivity contribution is -0.385. The lowest BCUT2D eigenvalue weighted by Gasteiger charge is -2.42. The second-order valence-corrected chi connectivity index (χ2v) is 15.7. The Morgan fingerprint density at radius 3 is 2.34 bits per heavy atom. The number of phenols is 2. The van der Waals surface area contributed by atoms with Gasteiger partial charge < -0.3 is 69.9 Å². The molecule has 9 N–H and O–H groups in total. The quantitative estimate of drug-likeness (QED) is 0.0592. The van der Waals surface area contributed by atoms with Crippen molar-refractivity contribution in [3.8, 4) is 17.2 Å². The normalized spacial score (nSPS) is 30.4. The number of amides is 1. The fourth-order valence-electron chi connectivity index (χ4n) is 8.57. The predicted molar refractivity (Wildman–Crippen MR) is 205 cm³/mol. The topological polar surface area (TPSA) is 331 Å². The van der Waals surface area contributed by atoms with E-state index in [4.69, 9.17) is 23.7 Å². The third kappa shape index (κ3) is 7.64. The summed E-state index contributed by atoms with van der Waals surface area (Å²) in [6.07, 6.45) is -15.9. The molecule has 0 spiro atoms. The van der Waals surface area contributed by atoms with Gasteiger partial charge >= 0.3 is 6.09 Å². The maximum atomic E-state index is 14.0. The van der Waals surface area contributed by atoms with Crippen molar-refractivity contribution in [2.75, 3.05) is 13.7 Å². The molecule has 2 saturated heterocycles. The van der Waals surface area contributed by atoms with Gasteiger partial charge in [0.1, 0.15) is 66.1 Å². The number of nitrogens with zero attached hydrogens (tertiary/aromatic N) is 1. The molecule has 2 fully saturated rings. The molecule has 2 heterocycles. The lowest BCUT2D eigenvalue weighted by Crippen LogP contribution is -2.56. The summed E-state index contributed by atoms with van der Waals surface area (Å²) in [4.78, 5) is 64.8. The van der Waals surface area contributed by atoms with E-state index < -0.39 is 149 Å². The Kier molecular flexibility index (Phi) is 12.1. The summed E-state index contributed by atoms with van der Waals surface area (Å²) in [6.45, 7) is 1.10. The Balaban J connectivity index is 1.14. The summed E-state index contributed by atoms with van der Waals surface area (Å²) in [7, 11) is 1.28. The highest BCUT2D eigenvalue weighted by Gasteiger charge is 2.50. The van der Waals surface area contributed by atoms with Crippen LogP contribution in [0.5, 0.6) is 17.2 Å². The smallest absolute Gasteiger partial charge is 0.407 e. The van der Waals surface area contributed by atoms with E-state index in [2.05, 4.69) is 5.32 Å². The first kappa shape index (κ1) is 44.4. The number of nitro groups is 1. The number of carbonyl (C=O) groups excluding carboxylic acids is 4. The highest BCUT2D eigenvalue weighted by molar-refractivity contribution is 6.31. The van der Waals surface area contributed by atoms with Gasteiger partial charge in [0.25, 0.3) is 5.69 Å². The average Bonchev–Trinajstić information content (AvgIpc) is 3.23. The number of carbonyl (C=O) groups is 4. The molecule has 62 heavy (non-hydrogen) atoms. The van der Waals surface area contributed by atoms with Crippen molar-refractivity contribution in [2.45, 2.75) is 106 Å². The van der Waals surface area contributed by atoms with Crippen molar-refractivity contribution in [3.05, 3.63) is 91.0 Å². The Morgan fingerprint density at radius 1 is 0.968 bits per heavy atom. The Labute approximate surface area is 351 Å². The minimum atomic E-state index is -2.21. The number of nitrogens with one attached hydrogen (secondary N) is 1. The standard InChI is InChI=1S/C41H44N2O19/c1-15-31(46)22(42-40(54)59-14-17-9-18(43(56)57)7-8-19(17)39-38(53)37(52)34(49)25(13-44)62-39)10-26(60-15)61-24-12-41(55,16(2)45)11-21-28(24)36(51)30-29(33(21)48)32(47)20-5-4-6-23(58-3)27(20)35(30)50/h4-9,15,22,24-26,31,34,37-39,44,46,48-49,51-53,55H,10-14H2,1-3H3,(H,42,54)/t15?,22?,24-,25+,26?,31?,34-,37-,38+,39-,41-/m0/s1. The number of methoxy groups -OCH3 is 1. The second-order valence-electron chi connectivity index (χ2n) is 15.7. The molecule has 0 aromatic heterocycles. The molecule has 2 aliphatic carbocycles. The van der Waals surface area contributed by atoms with Gasteiger partial charge in [-0.3, -0.25) is 24.5 Å². The molecule has 7 rings (SSSR count). The van der Waals surface area contributed by atoms with Gasteiger partial charge in [-0.05, 0) is 31.5 Å². The van der Waals surface area contributed by atoms with Crippen LogP contribution in [-0.2, 0) is 36.8 Å². The zero-order valence-electron chi connectivity index (χ0n) is 33.3. The minimum absolute atomic E-state index is 0.0248. The molecule has 0 saturated carbocycles. The number of ether oxygens (including phenoxy) is 5. The predicted octanol–water partition coefficient (Wildman–Crippen LogP) is 0.420. The SMILES string of the molecule is COc1cccc2c1C(=O)c1c(O)c3c(c(O)c1C2=O)C[C@@](O)(C(C)=O)C[C@@H]3OC1CC(NC(=O)OCc2cc([N+](=O)[O-])ccc2[C@@H]2O[C@H](CO)[C@H](O)[C@H](O)[C@H]2O)C(O)C(C)O1. The molecule has 4 unspecified atom stereocenters. The molecule has 2 aliphatic heterocycles. The molecule has 3 aromatic carbocycles. The molecule has 3 aromatic rings. The summed E-state index contributed by atoms with van der Waals surface area (Å²) < 4.78 is 28.4. The van der Waals surface area contributed by atoms with Crippen LogP contribution < -0.4 is 10.1 Å². The monoisotopic (exact) mass is 868 g/mol. The van der Waals surface area contributed by atoms with Crippen molar-refractivity contribution < 1.29 is 88.6 Å². The zero-order chi connectivity index (χ0) is 45.1. The third-order valence-corrected chi connectivity index (χ3v) is 12.0. The second kappa shape index (κ2) is 16.9. The van der Waals surface area contributed by atoms with Crippen LogP contribution in [-0.4, -0.2) is 137 Å². The number of aliphatic hydroxyl groups is 6. The molecule has 0 bridgehead atoms. The maximum absolute atomic E-state index is 14.0. The van der Waals surface area contributed by atoms with Crippen molar-refractivity contribution in [3.63, 3.8) is 0 Å². The van der Waals surface area contributed by atoms with E-state index in [-0.39, 0.29) is 45.6 Å². The van der Waals surface area contributed by atoms with Gasteiger partial charge in [-0.2, -0.15) is 0 Å². The van der Waals surface area contributed by atoms with E-state index >= 15 is 0 Å². The molecule has 21 nitrogen and oxygen atoms in total. The zero-order valence-corrected chi connectivity index (χ0v) is 33.3. The number of nitro benzene ring substituents is 1. The molecular formula is C41H44N2O19. The number of alkyl carbamates (subject to hydrolysis) is 1. The minimum Gasteiger partial charge on any atom is -0.507 e. The Hall–Kier alpha value is -5.62. The molecule has 21 heteroatoms. The van der Waals surface area contributed by atoms with Crippen LogP contribution >= 0.6 is 0 Å². The summed E-state index contributed by atoms with van der Waals surface area (Å²) in [6, 6.07) is 6.36. The lowest BCUT2D eigenvalue weighted by atomic mass is 9.72. The number of hydrogen-bond acceptors (Lipinski definition) is 19. The molecule has 4 aliphatic rings. The number of phenolic OH excluding ortho intramolecular Hbond substituents is 2. The summed E-state index contributed by atoms with van der Waals surface area (Å²) in [5, 5.41) is 101. The van der Waals surface area contributed by atoms with Crippen molar-refractivity contribution in [2.24, 2.45) is 0 Å². The van der Waals surface area contributed by atoms with Crippen LogP contribution in [0.25, 0.3) is 0 Å². The number of rotatable bonds is 10. The number of ketones is 3. The largest absolute Gasteiger partial charge is 0.507 e. The van der Waals surface area contributed by atoms with Gasteiger partial charge in [-0.15, -0.1) is 0 Å². The van der Waals surface area contributed by atoms with Crippen LogP contribution in [0.2, 0.25) is 0 Å². The van der Waals surface area contributed by atoms with E-state index in [0.717, 1.165) is 19.1 Å². The molecule has 1 amide bonds. The van der Waals surface area contributed by atoms with Gasteiger partial charge in [0, 0.05) is 53.6 Å². The summed E-state index contributed by atoms with van der Waals surface area (Å²) in [5.74, 6) is -3.92. The van der Waals surface area contributed by atoms with Crippen LogP contribution in [0.1, 0.15) is 93.0 Å². The van der Waals surface area contributed by atoms with E-state index in [9.17, 15) is 70.1 Å². The molecule has 11 atom stereocenters. The fourth-order valence-corrected chi connectivity index (χ4v) is 8.57. The fraction of sp³-hybridized carbons (Fsp3) is 0.463. The Morgan fingerprint density at radius 2 is 1.68 bits per heavy atom. The average molecular weight is 869 g/mol. The maximum Gasteiger partial charge on any atom is 0.407 e. The van der Waals surface area contributed by atoms with E-state index in [1.165, 1.54) is 38.3 Å². The number of aliphatic hydroxyl groups excluding tert-OH is 5. The van der Waals surface area contributed by atoms with Gasteiger partial charge in [-0.1, -0.05) is 12.1 Å². The van der Waals surface area contributed by atoms with Crippen molar-refractivity contribution in [1.82, 2.24) is 5.32 Å². The van der Waals surface area contributed by atoms with E-state index in [0.29, 0.717) is 0 Å². The first-order valence-electron chi connectivity index (χ1n) is 19.4. The van der Waals surface area contributed by atoms with E-state index in [1.807, 2.05) is 0 Å². The third-order valence-electron chi connectivity index (χ3n) is 12.0. The number of Topliss-reactive ketones (excluding diaryl/α,β-unsaturated/α-hetero) is 1. The highest BCUT2D eigenvalue weighted by Crippen LogP contribution is 2.52. The van der Waals surface area contributed by atoms with Crippen LogP contribution in [0, 0.1) is 10.1 Å². The number of hydrogen-bond donors (Lipinski definition) is 9. The van der Waals surface area contributed by atoms with Gasteiger partial charge in [0.05, 0.1) is 53.6 Å². The van der Waals surface area contributed by atoms with Gasteiger partial charge in [0.2, 0.25) is 5.78 Å². The highest BCUT2D eigenvalue weighted by atomic mass is 16.7. The summed E-state index contributed by atoms with van der Waals surface area (Å²) >= 11 is 0. The van der Waals surface area contributed by atoms with Crippen LogP contribution in [0.3, 0.4) is 0 Å². The number of fused-ring (bicyclic) bond motifs is 3. The number of non-ortho nitro benzene ring substituents is 1. The summed E-state index contributed by atoms with van der Waals surface area (Å²) in [5.41, 5.74) is -4.50. The molecule has 0 radical (unpaired) electrons. The first-order valence-corrected chi connectivity index (χ1v) is 19.4. The van der Waals surface area contributed by atoms with Crippen LogP contribution in [0.15, 0.2) is 36.4 Å². The van der Waals surface area contributed by atoms with E-state index in [1.54, 1.807) is 0 Å².